The molecule has 8 nitrogen and oxygen atoms in total. The lowest BCUT2D eigenvalue weighted by Crippen LogP contribution is -2.43. The van der Waals surface area contributed by atoms with Crippen molar-refractivity contribution in [1.29, 1.82) is 0 Å². The van der Waals surface area contributed by atoms with Gasteiger partial charge in [-0.25, -0.2) is 9.59 Å². The lowest BCUT2D eigenvalue weighted by Gasteiger charge is -2.19. The van der Waals surface area contributed by atoms with Gasteiger partial charge >= 0.3 is 11.9 Å². The molecule has 1 amide bonds. The van der Waals surface area contributed by atoms with Gasteiger partial charge in [-0.1, -0.05) is 12.1 Å². The molecule has 1 aromatic carbocycles. The summed E-state index contributed by atoms with van der Waals surface area (Å²) in [4.78, 5) is 38.4. The maximum Gasteiger partial charge on any atom is 0.335 e. The van der Waals surface area contributed by atoms with Gasteiger partial charge in [0, 0.05) is 18.8 Å². The Morgan fingerprint density at radius 2 is 1.70 bits per heavy atom. The van der Waals surface area contributed by atoms with Gasteiger partial charge in [0.25, 0.3) is 0 Å². The van der Waals surface area contributed by atoms with Crippen LogP contribution in [-0.2, 0) is 11.3 Å². The number of carboxylic acids is 2. The highest BCUT2D eigenvalue weighted by Gasteiger charge is 2.18. The topological polar surface area (TPSA) is 129 Å². The zero-order valence-electron chi connectivity index (χ0n) is 15.0. The van der Waals surface area contributed by atoms with E-state index in [0.29, 0.717) is 11.3 Å². The maximum absolute atomic E-state index is 12.3. The summed E-state index contributed by atoms with van der Waals surface area (Å²) in [5, 5.41) is 23.8. The fourth-order valence-corrected chi connectivity index (χ4v) is 2.51. The summed E-state index contributed by atoms with van der Waals surface area (Å²) in [7, 11) is 0. The van der Waals surface area contributed by atoms with Crippen LogP contribution in [0.5, 0.6) is 0 Å². The molecular formula is C19H21N3O5. The molecule has 8 heteroatoms. The number of nitrogens with one attached hydrogen (secondary N) is 2. The minimum atomic E-state index is -1.04. The largest absolute Gasteiger partial charge is 0.478 e. The molecule has 0 radical (unpaired) electrons. The average Bonchev–Trinajstić information content (AvgIpc) is 2.66. The van der Waals surface area contributed by atoms with Crippen LogP contribution < -0.4 is 10.6 Å². The molecule has 0 bridgehead atoms. The highest BCUT2D eigenvalue weighted by Crippen LogP contribution is 2.12. The molecule has 142 valence electrons. The van der Waals surface area contributed by atoms with Crippen LogP contribution in [-0.4, -0.2) is 39.1 Å². The van der Waals surface area contributed by atoms with E-state index in [1.54, 1.807) is 26.0 Å². The molecule has 0 aliphatic heterocycles. The van der Waals surface area contributed by atoms with Gasteiger partial charge in [0.2, 0.25) is 5.91 Å². The molecule has 0 aliphatic rings. The second kappa shape index (κ2) is 8.91. The summed E-state index contributed by atoms with van der Waals surface area (Å²) in [6, 6.07) is 8.31. The van der Waals surface area contributed by atoms with Crippen LogP contribution in [0.3, 0.4) is 0 Å². The zero-order valence-corrected chi connectivity index (χ0v) is 15.0. The molecule has 0 fully saturated rings. The Hall–Kier alpha value is -3.26. The molecule has 0 saturated carbocycles. The fraction of sp³-hybridized carbons (Fsp3) is 0.263. The number of hydrogen-bond acceptors (Lipinski definition) is 5. The minimum Gasteiger partial charge on any atom is -0.478 e. The number of hydrogen-bond donors (Lipinski definition) is 4. The van der Waals surface area contributed by atoms with Crippen LogP contribution in [0.4, 0.5) is 0 Å². The third-order valence-electron chi connectivity index (χ3n) is 4.01. The van der Waals surface area contributed by atoms with Gasteiger partial charge in [-0.2, -0.15) is 0 Å². The minimum absolute atomic E-state index is 0.129. The number of benzene rings is 1. The van der Waals surface area contributed by atoms with Crippen molar-refractivity contribution in [2.45, 2.75) is 32.5 Å². The number of aromatic carboxylic acids is 2. The monoisotopic (exact) mass is 371 g/mol. The van der Waals surface area contributed by atoms with Crippen LogP contribution in [0.2, 0.25) is 0 Å². The molecule has 2 atom stereocenters. The number of carboxylic acid groups (broad SMARTS) is 2. The quantitative estimate of drug-likeness (QED) is 0.557. The van der Waals surface area contributed by atoms with E-state index in [1.807, 2.05) is 0 Å². The lowest BCUT2D eigenvalue weighted by atomic mass is 10.1. The third-order valence-corrected chi connectivity index (χ3v) is 4.01. The van der Waals surface area contributed by atoms with Crippen molar-refractivity contribution in [3.05, 3.63) is 65.0 Å². The van der Waals surface area contributed by atoms with Crippen molar-refractivity contribution in [3.63, 3.8) is 0 Å². The number of rotatable bonds is 8. The summed E-state index contributed by atoms with van der Waals surface area (Å²) in [6.07, 6.45) is 1.41. The molecule has 2 aromatic rings. The van der Waals surface area contributed by atoms with E-state index in [2.05, 4.69) is 15.6 Å². The first kappa shape index (κ1) is 20.1. The van der Waals surface area contributed by atoms with E-state index in [0.717, 1.165) is 0 Å². The zero-order chi connectivity index (χ0) is 20.0. The van der Waals surface area contributed by atoms with Gasteiger partial charge in [-0.3, -0.25) is 15.1 Å². The van der Waals surface area contributed by atoms with Crippen molar-refractivity contribution in [2.24, 2.45) is 0 Å². The van der Waals surface area contributed by atoms with Crippen molar-refractivity contribution < 1.29 is 24.6 Å². The molecule has 0 spiro atoms. The van der Waals surface area contributed by atoms with Gasteiger partial charge in [0.15, 0.2) is 0 Å². The number of aromatic nitrogens is 1. The van der Waals surface area contributed by atoms with Crippen molar-refractivity contribution in [1.82, 2.24) is 15.6 Å². The first-order valence-electron chi connectivity index (χ1n) is 8.33. The number of carbonyl (C=O) groups is 3. The molecule has 0 aliphatic carbocycles. The molecule has 0 saturated heterocycles. The summed E-state index contributed by atoms with van der Waals surface area (Å²) in [6.45, 7) is 3.67. The Morgan fingerprint density at radius 3 is 2.37 bits per heavy atom. The van der Waals surface area contributed by atoms with Crippen LogP contribution in [0, 0.1) is 0 Å². The van der Waals surface area contributed by atoms with E-state index in [4.69, 9.17) is 10.2 Å². The van der Waals surface area contributed by atoms with E-state index >= 15 is 0 Å². The normalized spacial score (nSPS) is 12.8. The highest BCUT2D eigenvalue weighted by atomic mass is 16.4. The highest BCUT2D eigenvalue weighted by molar-refractivity contribution is 5.88. The molecule has 1 heterocycles. The molecule has 27 heavy (non-hydrogen) atoms. The second-order valence-corrected chi connectivity index (χ2v) is 6.11. The van der Waals surface area contributed by atoms with Crippen LogP contribution >= 0.6 is 0 Å². The Balaban J connectivity index is 1.93. The first-order valence-corrected chi connectivity index (χ1v) is 8.33. The average molecular weight is 371 g/mol. The third kappa shape index (κ3) is 5.61. The molecule has 1 aromatic heterocycles. The standard InChI is InChI=1S/C19H21N3O5/c1-11(16-9-15(19(26)27)6-7-20-16)22-12(2)17(23)21-10-13-4-3-5-14(8-13)18(24)25/h3-9,11-12,22H,10H2,1-2H3,(H,21,23)(H,24,25)(H,26,27). The van der Waals surface area contributed by atoms with Crippen LogP contribution in [0.25, 0.3) is 0 Å². The van der Waals surface area contributed by atoms with Gasteiger partial charge < -0.3 is 15.5 Å². The number of nitrogens with zero attached hydrogens (tertiary/aromatic N) is 1. The predicted molar refractivity (Wildman–Crippen MR) is 97.5 cm³/mol. The number of amides is 1. The van der Waals surface area contributed by atoms with Crippen molar-refractivity contribution >= 4 is 17.8 Å². The molecular weight excluding hydrogens is 350 g/mol. The Bertz CT molecular complexity index is 853. The summed E-state index contributed by atoms with van der Waals surface area (Å²) < 4.78 is 0. The molecule has 2 rings (SSSR count). The van der Waals surface area contributed by atoms with Crippen molar-refractivity contribution in [2.75, 3.05) is 0 Å². The van der Waals surface area contributed by atoms with Crippen molar-refractivity contribution in [3.8, 4) is 0 Å². The smallest absolute Gasteiger partial charge is 0.335 e. The Morgan fingerprint density at radius 1 is 1.04 bits per heavy atom. The van der Waals surface area contributed by atoms with E-state index in [1.165, 1.54) is 30.5 Å². The lowest BCUT2D eigenvalue weighted by molar-refractivity contribution is -0.123. The van der Waals surface area contributed by atoms with Gasteiger partial charge in [-0.15, -0.1) is 0 Å². The Kier molecular flexibility index (Phi) is 6.62. The van der Waals surface area contributed by atoms with E-state index in [9.17, 15) is 14.4 Å². The maximum atomic E-state index is 12.3. The molecule has 2 unspecified atom stereocenters. The SMILES string of the molecule is CC(NC(C)c1cc(C(=O)O)ccn1)C(=O)NCc1cccc(C(=O)O)c1. The van der Waals surface area contributed by atoms with Gasteiger partial charge in [0.05, 0.1) is 22.9 Å². The predicted octanol–water partition coefficient (Wildman–Crippen LogP) is 1.83. The summed E-state index contributed by atoms with van der Waals surface area (Å²) in [5.74, 6) is -2.33. The summed E-state index contributed by atoms with van der Waals surface area (Å²) >= 11 is 0. The Labute approximate surface area is 156 Å². The van der Waals surface area contributed by atoms with E-state index in [-0.39, 0.29) is 29.6 Å². The summed E-state index contributed by atoms with van der Waals surface area (Å²) in [5.41, 5.74) is 1.48. The van der Waals surface area contributed by atoms with Gasteiger partial charge in [0.1, 0.15) is 0 Å². The fourth-order valence-electron chi connectivity index (χ4n) is 2.51. The number of pyridine rings is 1. The number of carbonyl (C=O) groups excluding carboxylic acids is 1. The van der Waals surface area contributed by atoms with Crippen LogP contribution in [0.1, 0.15) is 51.9 Å². The second-order valence-electron chi connectivity index (χ2n) is 6.11. The molecule has 4 N–H and O–H groups in total. The van der Waals surface area contributed by atoms with E-state index < -0.39 is 18.0 Å². The van der Waals surface area contributed by atoms with Crippen LogP contribution in [0.15, 0.2) is 42.6 Å². The van der Waals surface area contributed by atoms with Gasteiger partial charge in [-0.05, 0) is 43.7 Å². The first-order chi connectivity index (χ1) is 12.8.